The fourth-order valence-electron chi connectivity index (χ4n) is 3.25. The van der Waals surface area contributed by atoms with E-state index < -0.39 is 10.9 Å². The Morgan fingerprint density at radius 1 is 0.969 bits per heavy atom. The molecule has 0 bridgehead atoms. The zero-order chi connectivity index (χ0) is 22.3. The van der Waals surface area contributed by atoms with Gasteiger partial charge in [-0.2, -0.15) is 5.10 Å². The zero-order valence-corrected chi connectivity index (χ0v) is 17.0. The highest BCUT2D eigenvalue weighted by Crippen LogP contribution is 2.28. The van der Waals surface area contributed by atoms with Crippen LogP contribution in [0.2, 0.25) is 0 Å². The molecular formula is C25H19N3O4. The van der Waals surface area contributed by atoms with Crippen LogP contribution < -0.4 is 10.2 Å². The lowest BCUT2D eigenvalue weighted by Crippen LogP contribution is -2.11. The van der Waals surface area contributed by atoms with Crippen molar-refractivity contribution in [3.05, 3.63) is 118 Å². The molecule has 7 nitrogen and oxygen atoms in total. The number of non-ortho nitro benzene ring substituents is 1. The Kier molecular flexibility index (Phi) is 6.17. The molecule has 7 heteroatoms. The number of rotatable bonds is 7. The maximum atomic E-state index is 12.7. The first-order valence-electron chi connectivity index (χ1n) is 9.90. The molecule has 1 N–H and O–H groups in total. The van der Waals surface area contributed by atoms with Gasteiger partial charge in [-0.15, -0.1) is 0 Å². The van der Waals surface area contributed by atoms with E-state index in [2.05, 4.69) is 10.5 Å². The Morgan fingerprint density at radius 2 is 1.75 bits per heavy atom. The summed E-state index contributed by atoms with van der Waals surface area (Å²) in [7, 11) is 0. The smallest absolute Gasteiger partial charge is 0.343 e. The molecule has 0 fully saturated rings. The van der Waals surface area contributed by atoms with Crippen LogP contribution in [0.4, 0.5) is 5.69 Å². The number of nitrogens with one attached hydrogen (secondary N) is 1. The Bertz CT molecular complexity index is 1300. The number of hydrazone groups is 1. The van der Waals surface area contributed by atoms with Crippen LogP contribution in [-0.4, -0.2) is 17.1 Å². The number of benzene rings is 4. The molecule has 0 aliphatic rings. The third-order valence-electron chi connectivity index (χ3n) is 4.84. The summed E-state index contributed by atoms with van der Waals surface area (Å²) < 4.78 is 5.61. The lowest BCUT2D eigenvalue weighted by atomic mass is 10.0. The van der Waals surface area contributed by atoms with Crippen LogP contribution in [0.3, 0.4) is 0 Å². The number of nitro groups is 1. The van der Waals surface area contributed by atoms with Gasteiger partial charge in [0, 0.05) is 17.7 Å². The van der Waals surface area contributed by atoms with E-state index in [1.165, 1.54) is 24.3 Å². The third-order valence-corrected chi connectivity index (χ3v) is 4.84. The van der Waals surface area contributed by atoms with Crippen LogP contribution in [0.5, 0.6) is 5.75 Å². The Hall–Kier alpha value is -4.52. The highest BCUT2D eigenvalue weighted by atomic mass is 16.6. The number of nitrogens with zero attached hydrogens (tertiary/aromatic N) is 2. The summed E-state index contributed by atoms with van der Waals surface area (Å²) >= 11 is 0. The fraction of sp³-hybridized carbons (Fsp3) is 0.0400. The van der Waals surface area contributed by atoms with Crippen molar-refractivity contribution in [2.24, 2.45) is 5.10 Å². The molecule has 4 rings (SSSR count). The second-order valence-corrected chi connectivity index (χ2v) is 6.97. The monoisotopic (exact) mass is 425 g/mol. The van der Waals surface area contributed by atoms with E-state index in [0.29, 0.717) is 17.9 Å². The Balaban J connectivity index is 1.61. The van der Waals surface area contributed by atoms with Crippen LogP contribution in [-0.2, 0) is 6.54 Å². The normalized spacial score (nSPS) is 10.9. The van der Waals surface area contributed by atoms with Crippen molar-refractivity contribution in [3.8, 4) is 5.75 Å². The summed E-state index contributed by atoms with van der Waals surface area (Å²) in [4.78, 5) is 23.1. The summed E-state index contributed by atoms with van der Waals surface area (Å²) in [6, 6.07) is 26.5. The highest BCUT2D eigenvalue weighted by Gasteiger charge is 2.16. The van der Waals surface area contributed by atoms with Gasteiger partial charge in [0.2, 0.25) is 0 Å². The Labute approximate surface area is 184 Å². The first-order valence-corrected chi connectivity index (χ1v) is 9.90. The molecule has 0 unspecified atom stereocenters. The fourth-order valence-corrected chi connectivity index (χ4v) is 3.25. The summed E-state index contributed by atoms with van der Waals surface area (Å²) in [5, 5.41) is 17.2. The third kappa shape index (κ3) is 4.79. The standard InChI is InChI=1S/C25H19N3O4/c29-25(20-10-6-11-21(15-20)28(30)31)32-24-14-13-19-9-4-5-12-22(19)23(24)17-27-26-16-18-7-2-1-3-8-18/h1-15,17,26H,16H2/b27-17+. The lowest BCUT2D eigenvalue weighted by Gasteiger charge is -2.11. The number of carbonyl (C=O) groups excluding carboxylic acids is 1. The number of hydrogen-bond acceptors (Lipinski definition) is 6. The van der Waals surface area contributed by atoms with Crippen molar-refractivity contribution >= 4 is 28.6 Å². The minimum absolute atomic E-state index is 0.0949. The van der Waals surface area contributed by atoms with Crippen molar-refractivity contribution < 1.29 is 14.5 Å². The van der Waals surface area contributed by atoms with Gasteiger partial charge in [0.15, 0.2) is 0 Å². The first-order chi connectivity index (χ1) is 15.6. The summed E-state index contributed by atoms with van der Waals surface area (Å²) in [5.41, 5.74) is 4.63. The number of hydrogen-bond donors (Lipinski definition) is 1. The van der Waals surface area contributed by atoms with Crippen LogP contribution in [0, 0.1) is 10.1 Å². The van der Waals surface area contributed by atoms with E-state index in [1.807, 2.05) is 60.7 Å². The number of nitro benzene ring substituents is 1. The number of carbonyl (C=O) groups is 1. The molecule has 0 saturated heterocycles. The SMILES string of the molecule is O=C(Oc1ccc2ccccc2c1/C=N/NCc1ccccc1)c1cccc([N+](=O)[O-])c1. The van der Waals surface area contributed by atoms with Crippen LogP contribution >= 0.6 is 0 Å². The molecule has 0 spiro atoms. The molecule has 0 radical (unpaired) electrons. The van der Waals surface area contributed by atoms with E-state index in [0.717, 1.165) is 16.3 Å². The van der Waals surface area contributed by atoms with Crippen molar-refractivity contribution in [3.63, 3.8) is 0 Å². The van der Waals surface area contributed by atoms with Crippen LogP contribution in [0.1, 0.15) is 21.5 Å². The second-order valence-electron chi connectivity index (χ2n) is 6.97. The molecule has 0 aliphatic heterocycles. The number of fused-ring (bicyclic) bond motifs is 1. The highest BCUT2D eigenvalue weighted by molar-refractivity contribution is 6.03. The molecule has 0 atom stereocenters. The van der Waals surface area contributed by atoms with E-state index in [4.69, 9.17) is 4.74 Å². The van der Waals surface area contributed by atoms with E-state index in [-0.39, 0.29) is 11.3 Å². The van der Waals surface area contributed by atoms with Crippen LogP contribution in [0.25, 0.3) is 10.8 Å². The van der Waals surface area contributed by atoms with Gasteiger partial charge < -0.3 is 10.2 Å². The maximum absolute atomic E-state index is 12.7. The minimum Gasteiger partial charge on any atom is -0.422 e. The van der Waals surface area contributed by atoms with Gasteiger partial charge in [-0.3, -0.25) is 10.1 Å². The van der Waals surface area contributed by atoms with Crippen molar-refractivity contribution in [2.75, 3.05) is 0 Å². The van der Waals surface area contributed by atoms with Gasteiger partial charge in [0.05, 0.1) is 23.2 Å². The van der Waals surface area contributed by atoms with Gasteiger partial charge in [-0.1, -0.05) is 66.7 Å². The molecule has 0 heterocycles. The average molecular weight is 425 g/mol. The first kappa shape index (κ1) is 20.7. The average Bonchev–Trinajstić information content (AvgIpc) is 2.83. The zero-order valence-electron chi connectivity index (χ0n) is 17.0. The van der Waals surface area contributed by atoms with Gasteiger partial charge in [-0.25, -0.2) is 4.79 Å². The van der Waals surface area contributed by atoms with E-state index >= 15 is 0 Å². The van der Waals surface area contributed by atoms with Crippen molar-refractivity contribution in [1.82, 2.24) is 5.43 Å². The maximum Gasteiger partial charge on any atom is 0.343 e. The molecule has 158 valence electrons. The van der Waals surface area contributed by atoms with E-state index in [1.54, 1.807) is 12.3 Å². The molecular weight excluding hydrogens is 406 g/mol. The predicted molar refractivity (Wildman–Crippen MR) is 123 cm³/mol. The Morgan fingerprint density at radius 3 is 2.56 bits per heavy atom. The lowest BCUT2D eigenvalue weighted by molar-refractivity contribution is -0.384. The molecule has 0 aromatic heterocycles. The molecule has 4 aromatic carbocycles. The molecule has 0 aliphatic carbocycles. The molecule has 0 amide bonds. The predicted octanol–water partition coefficient (Wildman–Crippen LogP) is 5.09. The largest absolute Gasteiger partial charge is 0.422 e. The van der Waals surface area contributed by atoms with Gasteiger partial charge in [0.1, 0.15) is 5.75 Å². The molecule has 4 aromatic rings. The van der Waals surface area contributed by atoms with Gasteiger partial charge in [0.25, 0.3) is 5.69 Å². The second kappa shape index (κ2) is 9.53. The quantitative estimate of drug-likeness (QED) is 0.146. The minimum atomic E-state index is -0.684. The molecule has 0 saturated carbocycles. The van der Waals surface area contributed by atoms with Crippen molar-refractivity contribution in [1.29, 1.82) is 0 Å². The van der Waals surface area contributed by atoms with E-state index in [9.17, 15) is 14.9 Å². The van der Waals surface area contributed by atoms with Crippen molar-refractivity contribution in [2.45, 2.75) is 6.54 Å². The summed E-state index contributed by atoms with van der Waals surface area (Å²) in [6.45, 7) is 0.547. The summed E-state index contributed by atoms with van der Waals surface area (Å²) in [5.74, 6) is -0.374. The topological polar surface area (TPSA) is 93.8 Å². The summed E-state index contributed by atoms with van der Waals surface area (Å²) in [6.07, 6.45) is 1.61. The van der Waals surface area contributed by atoms with Crippen LogP contribution in [0.15, 0.2) is 96.1 Å². The van der Waals surface area contributed by atoms with Gasteiger partial charge in [-0.05, 0) is 28.5 Å². The number of esters is 1. The molecule has 32 heavy (non-hydrogen) atoms. The van der Waals surface area contributed by atoms with Gasteiger partial charge >= 0.3 is 5.97 Å². The number of ether oxygens (including phenoxy) is 1.